The van der Waals surface area contributed by atoms with Gasteiger partial charge in [0.1, 0.15) is 11.5 Å². The summed E-state index contributed by atoms with van der Waals surface area (Å²) in [5.41, 5.74) is 7.49. The number of aliphatic carboxylic acids is 1. The number of fused-ring (bicyclic) bond motifs is 2. The molecule has 8 rings (SSSR count). The number of carbonyl (C=O) groups is 1. The summed E-state index contributed by atoms with van der Waals surface area (Å²) in [5, 5.41) is 29.4. The molecule has 7 aromatic rings. The first-order valence-corrected chi connectivity index (χ1v) is 31.1. The van der Waals surface area contributed by atoms with Crippen molar-refractivity contribution in [3.8, 4) is 35.2 Å². The molecule has 6 heterocycles. The van der Waals surface area contributed by atoms with Gasteiger partial charge in [0.15, 0.2) is 0 Å². The summed E-state index contributed by atoms with van der Waals surface area (Å²) in [7, 11) is 9.14. The number of hydrogen-bond donors (Lipinski definition) is 0. The average molecular weight is 1360 g/mol. The normalized spacial score (nSPS) is 12.8. The van der Waals surface area contributed by atoms with Crippen LogP contribution >= 0.6 is 0 Å². The maximum Gasteiger partial charge on any atom is 1.00 e. The van der Waals surface area contributed by atoms with Gasteiger partial charge in [-0.2, -0.15) is 12.1 Å². The molecule has 0 saturated heterocycles. The molecule has 0 radical (unpaired) electrons. The van der Waals surface area contributed by atoms with Crippen molar-refractivity contribution in [1.82, 2.24) is 59.6 Å². The molecule has 0 atom stereocenters. The van der Waals surface area contributed by atoms with Gasteiger partial charge in [-0.25, -0.2) is 0 Å². The maximum absolute atomic E-state index is 12.2. The van der Waals surface area contributed by atoms with E-state index >= 15 is 0 Å². The van der Waals surface area contributed by atoms with E-state index < -0.39 is 5.97 Å². The Morgan fingerprint density at radius 3 is 1.37 bits per heavy atom. The third kappa shape index (κ3) is 30.6. The Morgan fingerprint density at radius 2 is 0.936 bits per heavy atom. The predicted octanol–water partition coefficient (Wildman–Crippen LogP) is -3.73. The van der Waals surface area contributed by atoms with E-state index in [2.05, 4.69) is 106 Å². The second-order valence-corrected chi connectivity index (χ2v) is 24.2. The van der Waals surface area contributed by atoms with Gasteiger partial charge in [0.2, 0.25) is 0 Å². The first-order valence-electron chi connectivity index (χ1n) is 31.1. The summed E-state index contributed by atoms with van der Waals surface area (Å²) in [6.45, 7) is 14.5. The number of nitrogens with zero attached hydrogens (tertiary/aromatic N) is 14. The van der Waals surface area contributed by atoms with Gasteiger partial charge >= 0.3 is 154 Å². The van der Waals surface area contributed by atoms with Crippen LogP contribution in [0.25, 0.3) is 0 Å². The molecule has 1 aliphatic heterocycles. The zero-order valence-electron chi connectivity index (χ0n) is 56.6. The number of pyridine rings is 3. The number of carboxylic acids is 1. The molecule has 0 aliphatic carbocycles. The van der Waals surface area contributed by atoms with Crippen LogP contribution in [0, 0.1) is 23.7 Å². The molecule has 0 saturated carbocycles. The zero-order chi connectivity index (χ0) is 62.9. The van der Waals surface area contributed by atoms with E-state index in [0.717, 1.165) is 81.9 Å². The van der Waals surface area contributed by atoms with Crippen LogP contribution in [0.5, 0.6) is 11.5 Å². The minimum Gasteiger partial charge on any atom is -0.870 e. The number of quaternary nitrogens is 2. The van der Waals surface area contributed by atoms with Crippen LogP contribution in [0.1, 0.15) is 120 Å². The van der Waals surface area contributed by atoms with Gasteiger partial charge in [0.25, 0.3) is 0 Å². The minimum atomic E-state index is -1.19. The minimum absolute atomic E-state index is 0. The Bertz CT molecular complexity index is 3550. The summed E-state index contributed by atoms with van der Waals surface area (Å²) < 4.78 is 18.0. The first kappa shape index (κ1) is 84.6. The smallest absolute Gasteiger partial charge is 0.870 e. The third-order valence-corrected chi connectivity index (χ3v) is 15.6. The monoisotopic (exact) mass is 1360 g/mol. The molecule has 2 N–H and O–H groups in total. The molecule has 2 bridgehead atoms. The van der Waals surface area contributed by atoms with Crippen molar-refractivity contribution >= 4 is 18.5 Å². The van der Waals surface area contributed by atoms with Gasteiger partial charge in [-0.05, 0) is 85.6 Å². The molecule has 2 aromatic carbocycles. The molecular weight excluding hydrogens is 1270 g/mol. The van der Waals surface area contributed by atoms with Crippen molar-refractivity contribution < 1.29 is 203 Å². The number of aryl methyl sites for hydroxylation is 2. The number of unbranched alkanes of at least 4 members (excludes halogenated alkanes) is 2. The van der Waals surface area contributed by atoms with Crippen LogP contribution in [0.3, 0.4) is 0 Å². The average Bonchev–Trinajstić information content (AvgIpc) is 1.18. The number of carboxylic acid groups (broad SMARTS) is 1. The Kier molecular flexibility index (Phi) is 39.9. The second-order valence-electron chi connectivity index (χ2n) is 24.2. The van der Waals surface area contributed by atoms with E-state index in [-0.39, 0.29) is 190 Å². The number of benzene rings is 2. The van der Waals surface area contributed by atoms with Crippen LogP contribution in [0.4, 0.5) is 0 Å². The van der Waals surface area contributed by atoms with Crippen molar-refractivity contribution in [1.29, 1.82) is 0 Å². The third-order valence-electron chi connectivity index (χ3n) is 15.6. The van der Waals surface area contributed by atoms with Crippen molar-refractivity contribution in [2.24, 2.45) is 0 Å². The van der Waals surface area contributed by atoms with E-state index in [1.807, 2.05) is 113 Å². The molecule has 94 heavy (non-hydrogen) atoms. The molecule has 22 nitrogen and oxygen atoms in total. The van der Waals surface area contributed by atoms with Gasteiger partial charge in [0.05, 0.1) is 108 Å². The molecule has 5 aromatic heterocycles. The van der Waals surface area contributed by atoms with Gasteiger partial charge < -0.3 is 48.9 Å². The van der Waals surface area contributed by atoms with Crippen molar-refractivity contribution in [3.63, 3.8) is 0 Å². The Morgan fingerprint density at radius 1 is 0.532 bits per heavy atom. The molecule has 0 fully saturated rings. The number of carbonyl (C=O) groups excluding carboxylic acids is 3. The Labute approximate surface area is 682 Å². The maximum atomic E-state index is 12.2. The largest absolute Gasteiger partial charge is 1.00 e. The van der Waals surface area contributed by atoms with Gasteiger partial charge in [-0.3, -0.25) is 39.0 Å². The van der Waals surface area contributed by atoms with Gasteiger partial charge in [-0.1, -0.05) is 89.4 Å². The van der Waals surface area contributed by atoms with E-state index in [4.69, 9.17) is 14.5 Å². The molecule has 484 valence electrons. The molecule has 1 aliphatic rings. The van der Waals surface area contributed by atoms with E-state index in [9.17, 15) is 19.5 Å². The van der Waals surface area contributed by atoms with E-state index in [1.165, 1.54) is 38.8 Å². The number of hydrogen-bond acceptors (Lipinski definition) is 18. The summed E-state index contributed by atoms with van der Waals surface area (Å²) in [4.78, 5) is 56.8. The SMILES string of the molecule is CCCC[N+](C)(C)CCCn1cc(CCOc2ccc(C#Cc3cc([C-]=O)nc(CN4CCN(CC(=O)[O-])Cc5cccc(n5)CN(Cc5cc(C#Cc6ccc(OCCc7cn(CCC[N+](C)(C)CCCC)nn7)cc6)cc([C-]=O)n5)CC4)c3)cc2)nn1.[K+].[K+].[K+].[OH-].[OH-]. The van der Waals surface area contributed by atoms with Gasteiger partial charge in [0, 0.05) is 134 Å². The summed E-state index contributed by atoms with van der Waals surface area (Å²) in [5.74, 6) is 13.1. The van der Waals surface area contributed by atoms with Crippen molar-refractivity contribution in [2.45, 2.75) is 104 Å². The topological polar surface area (TPSA) is 263 Å². The fourth-order valence-electron chi connectivity index (χ4n) is 10.6. The first-order chi connectivity index (χ1) is 43.1. The zero-order valence-corrected chi connectivity index (χ0v) is 66.0. The second kappa shape index (κ2) is 44.4. The van der Waals surface area contributed by atoms with Gasteiger partial charge in [-0.15, -0.1) is 10.2 Å². The quantitative estimate of drug-likeness (QED) is 0.0181. The fourth-order valence-corrected chi connectivity index (χ4v) is 10.6. The Hall–Kier alpha value is -3.67. The summed E-state index contributed by atoms with van der Waals surface area (Å²) in [6, 6.07) is 27.9. The van der Waals surface area contributed by atoms with Crippen LogP contribution in [-0.2, 0) is 66.5 Å². The van der Waals surface area contributed by atoms with Crippen molar-refractivity contribution in [2.75, 3.05) is 100 Å². The Balaban J connectivity index is 0.00000461. The van der Waals surface area contributed by atoms with E-state index in [0.29, 0.717) is 106 Å². The van der Waals surface area contributed by atoms with Crippen LogP contribution in [0.2, 0.25) is 0 Å². The predicted molar refractivity (Wildman–Crippen MR) is 342 cm³/mol. The molecule has 0 unspecified atom stereocenters. The number of ether oxygens (including phenoxy) is 2. The van der Waals surface area contributed by atoms with Crippen LogP contribution < -0.4 is 169 Å². The summed E-state index contributed by atoms with van der Waals surface area (Å²) >= 11 is 0. The van der Waals surface area contributed by atoms with E-state index in [1.54, 1.807) is 17.0 Å². The molecule has 0 spiro atoms. The number of aromatic nitrogens is 9. The standard InChI is InChI=1S/C69H86N14O6.3K.2H2O/c1-7-9-36-82(3,4)38-12-30-80-50-61(73-75-80)28-40-88-67-24-20-55(21-25-67)16-18-57-42-63(71-65(44-57)53-84)48-77-32-34-78(46-59-14-11-15-60(70-59)47-79(35-33-77)52-69(86)87)49-64-43-58(45-66(54-85)72-64)19-17-56-22-26-68(27-23-56)89-41-29-62-51-81(76-74-62)31-13-39-83(5,6)37-10-8-2;;;;;/h11,14-15,20-27,42-45,50-51H,7-10,12-13,28-41,46-49,52H2,1-6H3,(H,86,87);;;;2*1H2/q;3*+1;;/p-3. The summed E-state index contributed by atoms with van der Waals surface area (Å²) in [6.07, 6.45) is 16.2. The molecular formula is C69H87K3N14O8. The molecule has 0 amide bonds. The molecule has 25 heteroatoms. The van der Waals surface area contributed by atoms with Crippen LogP contribution in [-0.4, -0.2) is 198 Å². The number of rotatable bonds is 30. The van der Waals surface area contributed by atoms with Crippen molar-refractivity contribution in [3.05, 3.63) is 171 Å². The van der Waals surface area contributed by atoms with Crippen LogP contribution in [0.15, 0.2) is 103 Å². The fraction of sp³-hybridized carbons (Fsp3) is 0.449.